The molecule has 1 atom stereocenters. The average molecular weight is 285 g/mol. The predicted molar refractivity (Wildman–Crippen MR) is 95.2 cm³/mol. The summed E-state index contributed by atoms with van der Waals surface area (Å²) in [7, 11) is 0. The maximum absolute atomic E-state index is 4.29. The molecule has 1 N–H and O–H groups in total. The van der Waals surface area contributed by atoms with Crippen molar-refractivity contribution < 1.29 is 0 Å². The number of hydrogen-bond donors (Lipinski definition) is 1. The third-order valence-electron chi connectivity index (χ3n) is 3.98. The minimum atomic E-state index is 0.644. The third-order valence-corrected chi connectivity index (χ3v) is 3.98. The largest absolute Gasteiger partial charge is 0.388 e. The van der Waals surface area contributed by atoms with Crippen molar-refractivity contribution >= 4 is 0 Å². The summed E-state index contributed by atoms with van der Waals surface area (Å²) in [6.45, 7) is 15.2. The molecule has 0 saturated carbocycles. The van der Waals surface area contributed by atoms with Crippen molar-refractivity contribution in [2.45, 2.75) is 51.9 Å². The Morgan fingerprint density at radius 2 is 2.10 bits per heavy atom. The predicted octanol–water partition coefficient (Wildman–Crippen LogP) is 5.69. The van der Waals surface area contributed by atoms with E-state index in [0.29, 0.717) is 5.92 Å². The lowest BCUT2D eigenvalue weighted by molar-refractivity contribution is 0.564. The fourth-order valence-electron chi connectivity index (χ4n) is 2.57. The lowest BCUT2D eigenvalue weighted by Gasteiger charge is -2.14. The Morgan fingerprint density at radius 1 is 1.29 bits per heavy atom. The summed E-state index contributed by atoms with van der Waals surface area (Å²) < 4.78 is 0. The maximum atomic E-state index is 4.29. The zero-order valence-corrected chi connectivity index (χ0v) is 13.7. The monoisotopic (exact) mass is 285 g/mol. The van der Waals surface area contributed by atoms with E-state index in [1.165, 1.54) is 48.8 Å². The van der Waals surface area contributed by atoms with Crippen molar-refractivity contribution in [1.82, 2.24) is 5.32 Å². The highest BCUT2D eigenvalue weighted by atomic mass is 14.8. The molecule has 0 fully saturated rings. The molecule has 0 aliphatic heterocycles. The Morgan fingerprint density at radius 3 is 2.86 bits per heavy atom. The van der Waals surface area contributed by atoms with Gasteiger partial charge in [0.2, 0.25) is 0 Å². The van der Waals surface area contributed by atoms with Crippen LogP contribution in [0.5, 0.6) is 0 Å². The quantitative estimate of drug-likeness (QED) is 0.592. The summed E-state index contributed by atoms with van der Waals surface area (Å²) in [5.41, 5.74) is 3.76. The first-order chi connectivity index (χ1) is 10.1. The average Bonchev–Trinajstić information content (AvgIpc) is 2.48. The highest BCUT2D eigenvalue weighted by Crippen LogP contribution is 2.23. The molecule has 1 rings (SSSR count). The van der Waals surface area contributed by atoms with Gasteiger partial charge in [-0.3, -0.25) is 0 Å². The van der Waals surface area contributed by atoms with Crippen molar-refractivity contribution in [3.63, 3.8) is 0 Å². The molecule has 0 spiro atoms. The Kier molecular flexibility index (Phi) is 8.57. The molecular weight excluding hydrogens is 254 g/mol. The van der Waals surface area contributed by atoms with Crippen molar-refractivity contribution in [2.24, 2.45) is 5.92 Å². The summed E-state index contributed by atoms with van der Waals surface area (Å²) in [4.78, 5) is 0. The van der Waals surface area contributed by atoms with E-state index in [4.69, 9.17) is 0 Å². The van der Waals surface area contributed by atoms with Crippen molar-refractivity contribution in [3.8, 4) is 0 Å². The van der Waals surface area contributed by atoms with E-state index in [0.717, 1.165) is 19.4 Å². The van der Waals surface area contributed by atoms with E-state index in [9.17, 15) is 0 Å². The van der Waals surface area contributed by atoms with Crippen LogP contribution in [0.15, 0.2) is 60.9 Å². The Balaban J connectivity index is 2.57. The highest BCUT2D eigenvalue weighted by molar-refractivity contribution is 5.38. The molecule has 0 aromatic rings. The molecule has 0 aromatic carbocycles. The molecule has 1 heteroatoms. The van der Waals surface area contributed by atoms with Crippen LogP contribution in [-0.4, -0.2) is 6.54 Å². The Hall–Kier alpha value is -1.50. The summed E-state index contributed by atoms with van der Waals surface area (Å²) >= 11 is 0. The van der Waals surface area contributed by atoms with Crippen LogP contribution in [0.25, 0.3) is 0 Å². The minimum Gasteiger partial charge on any atom is -0.388 e. The van der Waals surface area contributed by atoms with Gasteiger partial charge in [0.15, 0.2) is 0 Å². The van der Waals surface area contributed by atoms with Crippen LogP contribution in [-0.2, 0) is 0 Å². The minimum absolute atomic E-state index is 0.644. The highest BCUT2D eigenvalue weighted by Gasteiger charge is 2.06. The van der Waals surface area contributed by atoms with Gasteiger partial charge in [-0.05, 0) is 55.4 Å². The molecule has 21 heavy (non-hydrogen) atoms. The molecule has 116 valence electrons. The van der Waals surface area contributed by atoms with Gasteiger partial charge in [-0.1, -0.05) is 63.3 Å². The molecule has 0 amide bonds. The molecule has 0 bridgehead atoms. The number of rotatable bonds is 7. The van der Waals surface area contributed by atoms with Crippen LogP contribution in [0.2, 0.25) is 0 Å². The van der Waals surface area contributed by atoms with Gasteiger partial charge in [-0.25, -0.2) is 0 Å². The topological polar surface area (TPSA) is 12.0 Å². The van der Waals surface area contributed by atoms with Gasteiger partial charge in [0.05, 0.1) is 0 Å². The van der Waals surface area contributed by atoms with Crippen molar-refractivity contribution in [3.05, 3.63) is 60.9 Å². The zero-order valence-electron chi connectivity index (χ0n) is 13.7. The third kappa shape index (κ3) is 7.75. The van der Waals surface area contributed by atoms with E-state index < -0.39 is 0 Å². The van der Waals surface area contributed by atoms with Gasteiger partial charge < -0.3 is 5.32 Å². The van der Waals surface area contributed by atoms with Gasteiger partial charge in [-0.2, -0.15) is 0 Å². The first-order valence-electron chi connectivity index (χ1n) is 8.21. The van der Waals surface area contributed by atoms with Crippen LogP contribution in [0, 0.1) is 5.92 Å². The molecule has 0 saturated heterocycles. The van der Waals surface area contributed by atoms with E-state index in [1.807, 2.05) is 0 Å². The summed E-state index contributed by atoms with van der Waals surface area (Å²) in [5.74, 6) is 0.644. The number of nitrogens with one attached hydrogen (secondary N) is 1. The van der Waals surface area contributed by atoms with Crippen LogP contribution in [0.3, 0.4) is 0 Å². The lowest BCUT2D eigenvalue weighted by atomic mass is 9.93. The molecular formula is C20H31N. The van der Waals surface area contributed by atoms with Gasteiger partial charge in [0.25, 0.3) is 0 Å². The van der Waals surface area contributed by atoms with Crippen LogP contribution in [0.1, 0.15) is 51.9 Å². The normalized spacial score (nSPS) is 19.5. The smallest absolute Gasteiger partial charge is 0.0352 e. The van der Waals surface area contributed by atoms with Gasteiger partial charge in [0.1, 0.15) is 0 Å². The first kappa shape index (κ1) is 17.6. The van der Waals surface area contributed by atoms with Gasteiger partial charge in [0, 0.05) is 6.54 Å². The second-order valence-corrected chi connectivity index (χ2v) is 6.08. The van der Waals surface area contributed by atoms with Crippen LogP contribution < -0.4 is 5.32 Å². The summed E-state index contributed by atoms with van der Waals surface area (Å²) in [5, 5.41) is 3.10. The molecule has 1 nitrogen and oxygen atoms in total. The van der Waals surface area contributed by atoms with E-state index >= 15 is 0 Å². The molecule has 0 heterocycles. The van der Waals surface area contributed by atoms with Gasteiger partial charge in [-0.15, -0.1) is 0 Å². The molecule has 0 radical (unpaired) electrons. The van der Waals surface area contributed by atoms with E-state index in [1.54, 1.807) is 6.20 Å². The first-order valence-corrected chi connectivity index (χ1v) is 8.21. The SMILES string of the molecule is C=CNCC(=C)CCC(=C)C1=CC(C)CCCCCC=C1. The Labute approximate surface area is 131 Å². The van der Waals surface area contributed by atoms with E-state index in [-0.39, 0.29) is 0 Å². The number of allylic oxidation sites excluding steroid dienone is 5. The van der Waals surface area contributed by atoms with Crippen LogP contribution >= 0.6 is 0 Å². The maximum Gasteiger partial charge on any atom is 0.0352 e. The fourth-order valence-corrected chi connectivity index (χ4v) is 2.57. The van der Waals surface area contributed by atoms with Crippen molar-refractivity contribution in [2.75, 3.05) is 6.54 Å². The molecule has 1 unspecified atom stereocenters. The summed E-state index contributed by atoms with van der Waals surface area (Å²) in [6.07, 6.45) is 17.2. The van der Waals surface area contributed by atoms with Gasteiger partial charge >= 0.3 is 0 Å². The summed E-state index contributed by atoms with van der Waals surface area (Å²) in [6, 6.07) is 0. The standard InChI is InChI=1S/C20H31N/c1-5-21-16-18(3)13-14-19(4)20-12-10-8-6-7-9-11-17(2)15-20/h5,10,12,15,17,21H,1,3-4,6-9,11,13-14,16H2,2H3. The Bertz CT molecular complexity index is 412. The lowest BCUT2D eigenvalue weighted by Crippen LogP contribution is -2.08. The zero-order chi connectivity index (χ0) is 15.5. The molecule has 1 aliphatic carbocycles. The second kappa shape index (κ2) is 10.3. The fraction of sp³-hybridized carbons (Fsp3) is 0.500. The molecule has 1 aliphatic rings. The van der Waals surface area contributed by atoms with E-state index in [2.05, 4.69) is 50.2 Å². The number of hydrogen-bond acceptors (Lipinski definition) is 1. The molecule has 0 aromatic heterocycles. The second-order valence-electron chi connectivity index (χ2n) is 6.08. The van der Waals surface area contributed by atoms with Crippen molar-refractivity contribution in [1.29, 1.82) is 0 Å². The van der Waals surface area contributed by atoms with Crippen LogP contribution in [0.4, 0.5) is 0 Å².